The van der Waals surface area contributed by atoms with Gasteiger partial charge in [0, 0.05) is 0 Å². The second-order valence-electron chi connectivity index (χ2n) is 6.12. The van der Waals surface area contributed by atoms with Crippen molar-refractivity contribution in [3.63, 3.8) is 0 Å². The van der Waals surface area contributed by atoms with Crippen molar-refractivity contribution < 1.29 is 0 Å². The van der Waals surface area contributed by atoms with Gasteiger partial charge in [-0.15, -0.1) is 0 Å². The van der Waals surface area contributed by atoms with Crippen LogP contribution in [0.2, 0.25) is 0 Å². The van der Waals surface area contributed by atoms with Crippen molar-refractivity contribution in [2.24, 2.45) is 0 Å². The van der Waals surface area contributed by atoms with Crippen LogP contribution in [0, 0.1) is 11.8 Å². The molecule has 0 nitrogen and oxygen atoms in total. The minimum absolute atomic E-state index is 0.191. The van der Waals surface area contributed by atoms with Crippen LogP contribution in [0.5, 0.6) is 0 Å². The summed E-state index contributed by atoms with van der Waals surface area (Å²) in [4.78, 5) is 0. The molecule has 0 amide bonds. The Morgan fingerprint density at radius 3 is 2.11 bits per heavy atom. The summed E-state index contributed by atoms with van der Waals surface area (Å²) in [5.41, 5.74) is 2.28. The van der Waals surface area contributed by atoms with Gasteiger partial charge in [0.05, 0.1) is 0 Å². The predicted octanol–water partition coefficient (Wildman–Crippen LogP) is 5.26. The zero-order valence-electron chi connectivity index (χ0n) is 14.8. The number of hydrogen-bond donors (Lipinski definition) is 0. The van der Waals surface area contributed by atoms with E-state index in [2.05, 4.69) is 90.7 Å². The van der Waals surface area contributed by atoms with Gasteiger partial charge < -0.3 is 0 Å². The second-order valence-corrected chi connectivity index (χ2v) is 8.46. The van der Waals surface area contributed by atoms with Gasteiger partial charge in [0.1, 0.15) is 0 Å². The third kappa shape index (κ3) is 4.57. The third-order valence-electron chi connectivity index (χ3n) is 4.20. The van der Waals surface area contributed by atoms with Crippen LogP contribution >= 0.6 is 0 Å². The Morgan fingerprint density at radius 1 is 0.667 bits per heavy atom. The monoisotopic (exact) mass is 410 g/mol. The molecule has 0 saturated heterocycles. The van der Waals surface area contributed by atoms with E-state index in [9.17, 15) is 0 Å². The van der Waals surface area contributed by atoms with E-state index in [-0.39, 0.29) is 15.0 Å². The van der Waals surface area contributed by atoms with E-state index in [1.807, 2.05) is 30.3 Å². The Balaban J connectivity index is 1.67. The average molecular weight is 409 g/mol. The van der Waals surface area contributed by atoms with Gasteiger partial charge in [-0.3, -0.25) is 0 Å². The molecule has 0 aliphatic heterocycles. The predicted molar refractivity (Wildman–Crippen MR) is 117 cm³/mol. The molecule has 0 aromatic heterocycles. The normalized spacial score (nSPS) is 11.0. The molecule has 0 bridgehead atoms. The number of rotatable bonds is 3. The first-order valence-electron chi connectivity index (χ1n) is 8.87. The van der Waals surface area contributed by atoms with Crippen LogP contribution in [0.4, 0.5) is 0 Å². The van der Waals surface area contributed by atoms with E-state index in [0.717, 1.165) is 5.56 Å². The molecule has 0 aliphatic rings. The summed E-state index contributed by atoms with van der Waals surface area (Å²) in [5, 5.41) is 2.57. The van der Waals surface area contributed by atoms with Crippen LogP contribution in [0.15, 0.2) is 109 Å². The molecular formula is C26H18Se. The molecule has 4 rings (SSSR count). The fourth-order valence-corrected chi connectivity index (χ4v) is 4.83. The topological polar surface area (TPSA) is 0 Å². The number of hydrogen-bond acceptors (Lipinski definition) is 0. The molecule has 27 heavy (non-hydrogen) atoms. The van der Waals surface area contributed by atoms with Crippen molar-refractivity contribution in [1.29, 1.82) is 0 Å². The molecule has 0 fully saturated rings. The molecule has 0 aliphatic carbocycles. The fraction of sp³-hybridized carbons (Fsp3) is 0. The summed E-state index contributed by atoms with van der Waals surface area (Å²) < 4.78 is 2.65. The maximum atomic E-state index is 3.26. The van der Waals surface area contributed by atoms with Crippen LogP contribution in [0.1, 0.15) is 11.1 Å². The van der Waals surface area contributed by atoms with Gasteiger partial charge in [-0.05, 0) is 0 Å². The van der Waals surface area contributed by atoms with Crippen LogP contribution in [-0.2, 0) is 0 Å². The SMILES string of the molecule is C(#Cc1ccccc1)/C=C(\[Se]c1ccc2ccccc2c1)c1ccccc1. The second kappa shape index (κ2) is 8.56. The van der Waals surface area contributed by atoms with Gasteiger partial charge >= 0.3 is 167 Å². The van der Waals surface area contributed by atoms with E-state index >= 15 is 0 Å². The molecule has 4 aromatic carbocycles. The van der Waals surface area contributed by atoms with Gasteiger partial charge in [0.25, 0.3) is 0 Å². The fourth-order valence-electron chi connectivity index (χ4n) is 2.84. The molecule has 0 N–H and O–H groups in total. The Morgan fingerprint density at radius 2 is 1.33 bits per heavy atom. The Kier molecular flexibility index (Phi) is 5.51. The van der Waals surface area contributed by atoms with E-state index in [1.165, 1.54) is 25.3 Å². The summed E-state index contributed by atoms with van der Waals surface area (Å²) in [6.07, 6.45) is 2.08. The summed E-state index contributed by atoms with van der Waals surface area (Å²) >= 11 is 0.191. The standard InChI is InChI=1S/C26H18Se/c1-3-10-21(11-4-1)12-9-17-26(23-14-5-2-6-15-23)27-25-19-18-22-13-7-8-16-24(22)20-25/h1-8,10-11,13-20H/b26-17-. The maximum absolute atomic E-state index is 3.26. The van der Waals surface area contributed by atoms with Gasteiger partial charge in [-0.25, -0.2) is 0 Å². The van der Waals surface area contributed by atoms with Crippen molar-refractivity contribution in [2.45, 2.75) is 0 Å². The first-order chi connectivity index (χ1) is 13.4. The zero-order valence-corrected chi connectivity index (χ0v) is 16.5. The molecule has 0 unspecified atom stereocenters. The van der Waals surface area contributed by atoms with Gasteiger partial charge in [0.15, 0.2) is 0 Å². The minimum atomic E-state index is 0.191. The molecule has 4 aromatic rings. The molecule has 0 spiro atoms. The van der Waals surface area contributed by atoms with Gasteiger partial charge in [-0.1, -0.05) is 0 Å². The quantitative estimate of drug-likeness (QED) is 0.320. The Hall–Kier alpha value is -3.04. The van der Waals surface area contributed by atoms with Crippen LogP contribution in [0.3, 0.4) is 0 Å². The van der Waals surface area contributed by atoms with Crippen molar-refractivity contribution in [2.75, 3.05) is 0 Å². The summed E-state index contributed by atoms with van der Waals surface area (Å²) in [7, 11) is 0. The molecule has 0 saturated carbocycles. The molecule has 0 radical (unpaired) electrons. The summed E-state index contributed by atoms with van der Waals surface area (Å²) in [6.45, 7) is 0. The first kappa shape index (κ1) is 17.4. The van der Waals surface area contributed by atoms with Crippen LogP contribution < -0.4 is 4.46 Å². The molecule has 0 heterocycles. The van der Waals surface area contributed by atoms with Crippen molar-refractivity contribution >= 4 is 34.7 Å². The van der Waals surface area contributed by atoms with Crippen LogP contribution in [-0.4, -0.2) is 15.0 Å². The number of allylic oxidation sites excluding steroid dienone is 1. The van der Waals surface area contributed by atoms with E-state index in [4.69, 9.17) is 0 Å². The molecule has 128 valence electrons. The van der Waals surface area contributed by atoms with Gasteiger partial charge in [-0.2, -0.15) is 0 Å². The Labute approximate surface area is 166 Å². The van der Waals surface area contributed by atoms with Crippen molar-refractivity contribution in [3.8, 4) is 11.8 Å². The van der Waals surface area contributed by atoms with E-state index in [0.29, 0.717) is 0 Å². The zero-order chi connectivity index (χ0) is 18.3. The summed E-state index contributed by atoms with van der Waals surface area (Å²) in [5.74, 6) is 6.51. The van der Waals surface area contributed by atoms with Crippen molar-refractivity contribution in [1.82, 2.24) is 0 Å². The van der Waals surface area contributed by atoms with E-state index in [1.54, 1.807) is 0 Å². The average Bonchev–Trinajstić information content (AvgIpc) is 2.74. The molecule has 1 heteroatoms. The van der Waals surface area contributed by atoms with Crippen LogP contribution in [0.25, 0.3) is 15.2 Å². The van der Waals surface area contributed by atoms with E-state index < -0.39 is 0 Å². The first-order valence-corrected chi connectivity index (χ1v) is 10.6. The number of fused-ring (bicyclic) bond motifs is 1. The number of benzene rings is 4. The Bertz CT molecular complexity index is 1130. The summed E-state index contributed by atoms with van der Waals surface area (Å²) in [6, 6.07) is 36.0. The van der Waals surface area contributed by atoms with Crippen molar-refractivity contribution in [3.05, 3.63) is 120 Å². The molecular weight excluding hydrogens is 391 g/mol. The van der Waals surface area contributed by atoms with Gasteiger partial charge in [0.2, 0.25) is 0 Å². The molecule has 0 atom stereocenters. The third-order valence-corrected chi connectivity index (χ3v) is 6.43.